The van der Waals surface area contributed by atoms with E-state index in [-0.39, 0.29) is 0 Å². The molecular weight excluding hydrogens is 202 g/mol. The lowest BCUT2D eigenvalue weighted by atomic mass is 10.2. The molecule has 0 aliphatic heterocycles. The van der Waals surface area contributed by atoms with E-state index >= 15 is 0 Å². The van der Waals surface area contributed by atoms with Crippen molar-refractivity contribution in [2.24, 2.45) is 7.05 Å². The number of nitrogens with two attached hydrogens (primary N) is 1. The Hall–Kier alpha value is -2.04. The Kier molecular flexibility index (Phi) is 2.76. The monoisotopic (exact) mass is 217 g/mol. The number of rotatable bonds is 3. The minimum Gasteiger partial charge on any atom is -0.399 e. The molecule has 16 heavy (non-hydrogen) atoms. The maximum atomic E-state index is 5.73. The van der Waals surface area contributed by atoms with Crippen LogP contribution in [0.25, 0.3) is 0 Å². The zero-order valence-electron chi connectivity index (χ0n) is 9.44. The number of nitrogen functional groups attached to an aromatic ring is 1. The summed E-state index contributed by atoms with van der Waals surface area (Å²) in [6, 6.07) is 5.79. The van der Waals surface area contributed by atoms with E-state index in [0.29, 0.717) is 6.54 Å². The molecule has 1 aromatic carbocycles. The maximum absolute atomic E-state index is 5.73. The molecule has 0 radical (unpaired) electrons. The summed E-state index contributed by atoms with van der Waals surface area (Å²) in [6.07, 6.45) is 1.68. The molecule has 0 bridgehead atoms. The predicted molar refractivity (Wildman–Crippen MR) is 63.9 cm³/mol. The van der Waals surface area contributed by atoms with Crippen molar-refractivity contribution in [2.45, 2.75) is 13.5 Å². The van der Waals surface area contributed by atoms with Gasteiger partial charge in [-0.15, -0.1) is 0 Å². The van der Waals surface area contributed by atoms with Crippen LogP contribution in [0, 0.1) is 6.92 Å². The minimum atomic E-state index is 0.602. The molecule has 3 N–H and O–H groups in total. The molecule has 0 saturated heterocycles. The van der Waals surface area contributed by atoms with E-state index in [4.69, 9.17) is 5.73 Å². The van der Waals surface area contributed by atoms with Crippen LogP contribution in [0.1, 0.15) is 11.4 Å². The molecule has 0 spiro atoms. The summed E-state index contributed by atoms with van der Waals surface area (Å²) in [4.78, 5) is 4.14. The quantitative estimate of drug-likeness (QED) is 0.761. The van der Waals surface area contributed by atoms with Crippen molar-refractivity contribution in [3.05, 3.63) is 35.9 Å². The highest BCUT2D eigenvalue weighted by Gasteiger charge is 2.01. The molecule has 0 amide bonds. The molecule has 1 heterocycles. The third-order valence-electron chi connectivity index (χ3n) is 2.35. The van der Waals surface area contributed by atoms with Gasteiger partial charge in [-0.25, -0.2) is 4.98 Å². The summed E-state index contributed by atoms with van der Waals surface area (Å²) in [5, 5.41) is 7.45. The van der Waals surface area contributed by atoms with E-state index in [1.54, 1.807) is 11.0 Å². The van der Waals surface area contributed by atoms with E-state index in [9.17, 15) is 0 Å². The summed E-state index contributed by atoms with van der Waals surface area (Å²) in [7, 11) is 1.85. The number of aryl methyl sites for hydroxylation is 2. The fourth-order valence-corrected chi connectivity index (χ4v) is 1.47. The van der Waals surface area contributed by atoms with Crippen molar-refractivity contribution in [2.75, 3.05) is 11.1 Å². The van der Waals surface area contributed by atoms with Gasteiger partial charge in [0.05, 0.1) is 6.54 Å². The molecule has 0 fully saturated rings. The van der Waals surface area contributed by atoms with Crippen molar-refractivity contribution in [3.8, 4) is 0 Å². The van der Waals surface area contributed by atoms with Gasteiger partial charge in [0.2, 0.25) is 0 Å². The lowest BCUT2D eigenvalue weighted by Crippen LogP contribution is -2.04. The SMILES string of the molecule is Cc1ccc(N)cc1NCc1ncn(C)n1. The third-order valence-corrected chi connectivity index (χ3v) is 2.35. The summed E-state index contributed by atoms with van der Waals surface area (Å²) in [5.74, 6) is 0.768. The van der Waals surface area contributed by atoms with Gasteiger partial charge >= 0.3 is 0 Å². The highest BCUT2D eigenvalue weighted by Crippen LogP contribution is 2.18. The van der Waals surface area contributed by atoms with Crippen LogP contribution in [-0.2, 0) is 13.6 Å². The average Bonchev–Trinajstić information content (AvgIpc) is 2.66. The van der Waals surface area contributed by atoms with Gasteiger partial charge in [0.25, 0.3) is 0 Å². The Morgan fingerprint density at radius 1 is 1.44 bits per heavy atom. The van der Waals surface area contributed by atoms with Crippen molar-refractivity contribution < 1.29 is 0 Å². The van der Waals surface area contributed by atoms with Crippen LogP contribution in [0.5, 0.6) is 0 Å². The molecule has 2 aromatic rings. The smallest absolute Gasteiger partial charge is 0.169 e. The van der Waals surface area contributed by atoms with Crippen LogP contribution < -0.4 is 11.1 Å². The molecular formula is C11H15N5. The number of aromatic nitrogens is 3. The Morgan fingerprint density at radius 3 is 2.94 bits per heavy atom. The van der Waals surface area contributed by atoms with Crippen LogP contribution in [0.2, 0.25) is 0 Å². The van der Waals surface area contributed by atoms with Gasteiger partial charge in [-0.3, -0.25) is 4.68 Å². The predicted octanol–water partition coefficient (Wildman–Crippen LogP) is 1.32. The molecule has 1 aromatic heterocycles. The van der Waals surface area contributed by atoms with Crippen LogP contribution in [-0.4, -0.2) is 14.8 Å². The van der Waals surface area contributed by atoms with Crippen molar-refractivity contribution in [1.29, 1.82) is 0 Å². The van der Waals surface area contributed by atoms with Crippen LogP contribution >= 0.6 is 0 Å². The zero-order valence-corrected chi connectivity index (χ0v) is 9.44. The van der Waals surface area contributed by atoms with Gasteiger partial charge in [0.1, 0.15) is 6.33 Å². The van der Waals surface area contributed by atoms with Crippen LogP contribution in [0.15, 0.2) is 24.5 Å². The van der Waals surface area contributed by atoms with Gasteiger partial charge in [-0.1, -0.05) is 6.07 Å². The topological polar surface area (TPSA) is 68.8 Å². The van der Waals surface area contributed by atoms with Gasteiger partial charge < -0.3 is 11.1 Å². The minimum absolute atomic E-state index is 0.602. The second kappa shape index (κ2) is 4.22. The Morgan fingerprint density at radius 2 is 2.25 bits per heavy atom. The standard InChI is InChI=1S/C11H15N5/c1-8-3-4-9(12)5-10(8)13-6-11-14-7-16(2)15-11/h3-5,7,13H,6,12H2,1-2H3. The van der Waals surface area contributed by atoms with Gasteiger partial charge in [-0.2, -0.15) is 5.10 Å². The van der Waals surface area contributed by atoms with Gasteiger partial charge in [0.15, 0.2) is 5.82 Å². The Balaban J connectivity index is 2.07. The highest BCUT2D eigenvalue weighted by molar-refractivity contribution is 5.59. The van der Waals surface area contributed by atoms with Crippen LogP contribution in [0.4, 0.5) is 11.4 Å². The first-order chi connectivity index (χ1) is 7.65. The molecule has 0 aliphatic rings. The second-order valence-corrected chi connectivity index (χ2v) is 3.76. The molecule has 0 saturated carbocycles. The van der Waals surface area contributed by atoms with E-state index < -0.39 is 0 Å². The normalized spacial score (nSPS) is 10.4. The first kappa shape index (κ1) is 10.5. The van der Waals surface area contributed by atoms with Crippen molar-refractivity contribution in [1.82, 2.24) is 14.8 Å². The summed E-state index contributed by atoms with van der Waals surface area (Å²) in [5.41, 5.74) is 8.66. The highest BCUT2D eigenvalue weighted by atomic mass is 15.3. The maximum Gasteiger partial charge on any atom is 0.169 e. The van der Waals surface area contributed by atoms with Crippen molar-refractivity contribution in [3.63, 3.8) is 0 Å². The van der Waals surface area contributed by atoms with Crippen LogP contribution in [0.3, 0.4) is 0 Å². The van der Waals surface area contributed by atoms with Crippen molar-refractivity contribution >= 4 is 11.4 Å². The Bertz CT molecular complexity index is 489. The van der Waals surface area contributed by atoms with Gasteiger partial charge in [-0.05, 0) is 24.6 Å². The Labute approximate surface area is 94.3 Å². The summed E-state index contributed by atoms with van der Waals surface area (Å²) in [6.45, 7) is 2.64. The molecule has 2 rings (SSSR count). The molecule has 0 aliphatic carbocycles. The zero-order chi connectivity index (χ0) is 11.5. The fraction of sp³-hybridized carbons (Fsp3) is 0.273. The number of hydrogen-bond donors (Lipinski definition) is 2. The largest absolute Gasteiger partial charge is 0.399 e. The van der Waals surface area contributed by atoms with E-state index in [2.05, 4.69) is 15.4 Å². The lowest BCUT2D eigenvalue weighted by Gasteiger charge is -2.08. The number of nitrogens with zero attached hydrogens (tertiary/aromatic N) is 3. The van der Waals surface area contributed by atoms with E-state index in [0.717, 1.165) is 22.8 Å². The van der Waals surface area contributed by atoms with E-state index in [1.165, 1.54) is 0 Å². The summed E-state index contributed by atoms with van der Waals surface area (Å²) >= 11 is 0. The number of hydrogen-bond acceptors (Lipinski definition) is 4. The average molecular weight is 217 g/mol. The number of benzene rings is 1. The second-order valence-electron chi connectivity index (χ2n) is 3.76. The molecule has 5 heteroatoms. The number of anilines is 2. The number of nitrogens with one attached hydrogen (secondary N) is 1. The molecule has 0 atom stereocenters. The summed E-state index contributed by atoms with van der Waals surface area (Å²) < 4.78 is 1.68. The lowest BCUT2D eigenvalue weighted by molar-refractivity contribution is 0.747. The first-order valence-electron chi connectivity index (χ1n) is 5.09. The third kappa shape index (κ3) is 2.31. The fourth-order valence-electron chi connectivity index (χ4n) is 1.47. The molecule has 84 valence electrons. The molecule has 0 unspecified atom stereocenters. The van der Waals surface area contributed by atoms with Gasteiger partial charge in [0, 0.05) is 18.4 Å². The molecule has 5 nitrogen and oxygen atoms in total. The van der Waals surface area contributed by atoms with E-state index in [1.807, 2.05) is 32.2 Å². The first-order valence-corrected chi connectivity index (χ1v) is 5.09.